The lowest BCUT2D eigenvalue weighted by Gasteiger charge is -2.12. The van der Waals surface area contributed by atoms with Crippen molar-refractivity contribution in [3.63, 3.8) is 0 Å². The third kappa shape index (κ3) is 4.92. The zero-order chi connectivity index (χ0) is 23.7. The summed E-state index contributed by atoms with van der Waals surface area (Å²) in [6.07, 6.45) is 0. The molecule has 166 valence electrons. The summed E-state index contributed by atoms with van der Waals surface area (Å²) in [6, 6.07) is 18.0. The van der Waals surface area contributed by atoms with Gasteiger partial charge in [0, 0.05) is 21.5 Å². The van der Waals surface area contributed by atoms with E-state index < -0.39 is 18.4 Å². The van der Waals surface area contributed by atoms with Crippen molar-refractivity contribution < 1.29 is 14.3 Å². The number of ketones is 1. The second kappa shape index (κ2) is 9.34. The summed E-state index contributed by atoms with van der Waals surface area (Å²) in [6.45, 7) is 5.58. The first-order valence-electron chi connectivity index (χ1n) is 10.4. The van der Waals surface area contributed by atoms with Crippen LogP contribution in [-0.4, -0.2) is 23.3 Å². The molecular weight excluding hydrogens is 457 g/mol. The number of aryl methyl sites for hydroxylation is 3. The van der Waals surface area contributed by atoms with Gasteiger partial charge in [-0.1, -0.05) is 47.0 Å². The molecule has 0 saturated heterocycles. The van der Waals surface area contributed by atoms with E-state index in [2.05, 4.69) is 0 Å². The fraction of sp³-hybridized carbons (Fsp3) is 0.148. The van der Waals surface area contributed by atoms with Gasteiger partial charge in [-0.15, -0.1) is 0 Å². The van der Waals surface area contributed by atoms with Crippen molar-refractivity contribution in [1.82, 2.24) is 4.98 Å². The number of pyridine rings is 1. The highest BCUT2D eigenvalue weighted by atomic mass is 35.5. The van der Waals surface area contributed by atoms with Gasteiger partial charge in [-0.2, -0.15) is 0 Å². The lowest BCUT2D eigenvalue weighted by molar-refractivity contribution is 0.0476. The summed E-state index contributed by atoms with van der Waals surface area (Å²) < 4.78 is 5.40. The molecule has 4 aromatic rings. The standard InChI is InChI=1S/C27H21Cl2NO3/c1-15-4-9-24-21(10-15)22(13-25(30-24)18-6-5-16(2)17(3)11-18)27(32)33-14-26(31)20-8-7-19(28)12-23(20)29/h4-13H,14H2,1-3H3. The topological polar surface area (TPSA) is 56.3 Å². The van der Waals surface area contributed by atoms with Crippen molar-refractivity contribution in [1.29, 1.82) is 0 Å². The minimum absolute atomic E-state index is 0.213. The highest BCUT2D eigenvalue weighted by molar-refractivity contribution is 6.36. The molecule has 1 heterocycles. The van der Waals surface area contributed by atoms with Crippen LogP contribution in [0.2, 0.25) is 10.0 Å². The number of ether oxygens (including phenoxy) is 1. The van der Waals surface area contributed by atoms with Crippen molar-refractivity contribution in [2.24, 2.45) is 0 Å². The van der Waals surface area contributed by atoms with Crippen molar-refractivity contribution in [2.75, 3.05) is 6.61 Å². The summed E-state index contributed by atoms with van der Waals surface area (Å²) in [5.41, 5.74) is 6.14. The highest BCUT2D eigenvalue weighted by Gasteiger charge is 2.19. The van der Waals surface area contributed by atoms with Gasteiger partial charge in [0.05, 0.1) is 21.8 Å². The van der Waals surface area contributed by atoms with E-state index in [0.717, 1.165) is 16.7 Å². The van der Waals surface area contributed by atoms with Crippen LogP contribution in [0.1, 0.15) is 37.4 Å². The first-order valence-corrected chi connectivity index (χ1v) is 11.1. The fourth-order valence-electron chi connectivity index (χ4n) is 3.56. The van der Waals surface area contributed by atoms with Gasteiger partial charge >= 0.3 is 5.97 Å². The quantitative estimate of drug-likeness (QED) is 0.225. The number of carbonyl (C=O) groups excluding carboxylic acids is 2. The second-order valence-corrected chi connectivity index (χ2v) is 8.84. The Labute approximate surface area is 202 Å². The third-order valence-corrected chi connectivity index (χ3v) is 6.10. The highest BCUT2D eigenvalue weighted by Crippen LogP contribution is 2.28. The van der Waals surface area contributed by atoms with Gasteiger partial charge in [-0.3, -0.25) is 4.79 Å². The van der Waals surface area contributed by atoms with Gasteiger partial charge in [0.1, 0.15) is 0 Å². The molecule has 0 atom stereocenters. The van der Waals surface area contributed by atoms with Crippen LogP contribution in [-0.2, 0) is 4.74 Å². The van der Waals surface area contributed by atoms with Gasteiger partial charge in [0.2, 0.25) is 5.78 Å². The normalized spacial score (nSPS) is 10.9. The number of benzene rings is 3. The minimum atomic E-state index is -0.600. The third-order valence-electron chi connectivity index (χ3n) is 5.55. The molecule has 3 aromatic carbocycles. The fourth-order valence-corrected chi connectivity index (χ4v) is 4.07. The molecule has 0 amide bonds. The van der Waals surface area contributed by atoms with Gasteiger partial charge in [-0.25, -0.2) is 9.78 Å². The average molecular weight is 478 g/mol. The van der Waals surface area contributed by atoms with E-state index in [4.69, 9.17) is 32.9 Å². The molecule has 1 aromatic heterocycles. The predicted molar refractivity (Wildman–Crippen MR) is 132 cm³/mol. The molecule has 0 unspecified atom stereocenters. The molecule has 0 aliphatic carbocycles. The summed E-state index contributed by atoms with van der Waals surface area (Å²) in [5, 5.41) is 1.31. The summed E-state index contributed by atoms with van der Waals surface area (Å²) >= 11 is 12.0. The largest absolute Gasteiger partial charge is 0.454 e. The van der Waals surface area contributed by atoms with E-state index in [1.54, 1.807) is 12.1 Å². The maximum absolute atomic E-state index is 13.1. The number of rotatable bonds is 5. The van der Waals surface area contributed by atoms with Crippen molar-refractivity contribution >= 4 is 45.9 Å². The van der Waals surface area contributed by atoms with E-state index in [9.17, 15) is 9.59 Å². The summed E-state index contributed by atoms with van der Waals surface area (Å²) in [7, 11) is 0. The molecule has 4 rings (SSSR count). The Kier molecular flexibility index (Phi) is 6.50. The number of hydrogen-bond donors (Lipinski definition) is 0. The molecule has 0 aliphatic rings. The number of hydrogen-bond acceptors (Lipinski definition) is 4. The maximum Gasteiger partial charge on any atom is 0.339 e. The first kappa shape index (κ1) is 23.0. The summed E-state index contributed by atoms with van der Waals surface area (Å²) in [5.74, 6) is -1.01. The minimum Gasteiger partial charge on any atom is -0.454 e. The Balaban J connectivity index is 1.69. The number of aromatic nitrogens is 1. The maximum atomic E-state index is 13.1. The molecule has 33 heavy (non-hydrogen) atoms. The van der Waals surface area contributed by atoms with Gasteiger partial charge < -0.3 is 4.74 Å². The first-order chi connectivity index (χ1) is 15.7. The molecule has 0 saturated carbocycles. The van der Waals surface area contributed by atoms with Gasteiger partial charge in [-0.05, 0) is 74.4 Å². The van der Waals surface area contributed by atoms with Crippen LogP contribution in [0, 0.1) is 20.8 Å². The van der Waals surface area contributed by atoms with Crippen LogP contribution < -0.4 is 0 Å². The van der Waals surface area contributed by atoms with E-state index in [0.29, 0.717) is 27.2 Å². The Bertz CT molecular complexity index is 1410. The lowest BCUT2D eigenvalue weighted by Crippen LogP contribution is -2.15. The molecule has 0 bridgehead atoms. The number of fused-ring (bicyclic) bond motifs is 1. The van der Waals surface area contributed by atoms with Crippen LogP contribution in [0.4, 0.5) is 0 Å². The number of carbonyl (C=O) groups is 2. The number of halogens is 2. The predicted octanol–water partition coefficient (Wildman–Crippen LogP) is 7.17. The zero-order valence-corrected chi connectivity index (χ0v) is 19.9. The molecule has 0 spiro atoms. The van der Waals surface area contributed by atoms with Crippen LogP contribution in [0.3, 0.4) is 0 Å². The van der Waals surface area contributed by atoms with Crippen molar-refractivity contribution in [3.8, 4) is 11.3 Å². The molecule has 0 N–H and O–H groups in total. The number of nitrogens with zero attached hydrogens (tertiary/aromatic N) is 1. The molecule has 4 nitrogen and oxygen atoms in total. The SMILES string of the molecule is Cc1ccc2nc(-c3ccc(C)c(C)c3)cc(C(=O)OCC(=O)c3ccc(Cl)cc3Cl)c2c1. The van der Waals surface area contributed by atoms with Crippen molar-refractivity contribution in [2.45, 2.75) is 20.8 Å². The Hall–Kier alpha value is -3.21. The smallest absolute Gasteiger partial charge is 0.339 e. The number of Topliss-reactive ketones (excluding diaryl/α,β-unsaturated/α-hetero) is 1. The molecule has 6 heteroatoms. The van der Waals surface area contributed by atoms with Crippen LogP contribution in [0.5, 0.6) is 0 Å². The van der Waals surface area contributed by atoms with E-state index >= 15 is 0 Å². The van der Waals surface area contributed by atoms with E-state index in [1.165, 1.54) is 17.7 Å². The van der Waals surface area contributed by atoms with Crippen LogP contribution in [0.15, 0.2) is 60.7 Å². The van der Waals surface area contributed by atoms with Crippen LogP contribution >= 0.6 is 23.2 Å². The van der Waals surface area contributed by atoms with E-state index in [1.807, 2.05) is 57.2 Å². The van der Waals surface area contributed by atoms with E-state index in [-0.39, 0.29) is 10.6 Å². The Morgan fingerprint density at radius 3 is 2.36 bits per heavy atom. The molecule has 0 aliphatic heterocycles. The van der Waals surface area contributed by atoms with Crippen molar-refractivity contribution in [3.05, 3.63) is 98.5 Å². The Morgan fingerprint density at radius 1 is 0.848 bits per heavy atom. The monoisotopic (exact) mass is 477 g/mol. The summed E-state index contributed by atoms with van der Waals surface area (Å²) in [4.78, 5) is 30.4. The van der Waals surface area contributed by atoms with Gasteiger partial charge in [0.25, 0.3) is 0 Å². The molecular formula is C27H21Cl2NO3. The Morgan fingerprint density at radius 2 is 1.64 bits per heavy atom. The molecule has 0 radical (unpaired) electrons. The lowest BCUT2D eigenvalue weighted by atomic mass is 10.00. The van der Waals surface area contributed by atoms with Crippen LogP contribution in [0.25, 0.3) is 22.2 Å². The average Bonchev–Trinajstić information content (AvgIpc) is 2.78. The van der Waals surface area contributed by atoms with Gasteiger partial charge in [0.15, 0.2) is 6.61 Å². The second-order valence-electron chi connectivity index (χ2n) is 8.00. The molecule has 0 fully saturated rings. The number of esters is 1. The zero-order valence-electron chi connectivity index (χ0n) is 18.4.